The summed E-state index contributed by atoms with van der Waals surface area (Å²) in [6.07, 6.45) is 9.72. The Morgan fingerprint density at radius 1 is 1.11 bits per heavy atom. The fraction of sp³-hybridized carbons (Fsp3) is 0.667. The van der Waals surface area contributed by atoms with Gasteiger partial charge in [-0.25, -0.2) is 0 Å². The molecule has 1 saturated carbocycles. The van der Waals surface area contributed by atoms with Gasteiger partial charge in [-0.15, -0.1) is 0 Å². The van der Waals surface area contributed by atoms with Crippen LogP contribution in [0.2, 0.25) is 0 Å². The monoisotopic (exact) mass is 247 g/mol. The van der Waals surface area contributed by atoms with Crippen molar-refractivity contribution in [3.05, 3.63) is 24.2 Å². The molecule has 2 fully saturated rings. The predicted molar refractivity (Wildman–Crippen MR) is 69.7 cm³/mol. The predicted octanol–water partition coefficient (Wildman–Crippen LogP) is 3.26. The summed E-state index contributed by atoms with van der Waals surface area (Å²) in [5, 5.41) is 0. The molecular formula is C15H21NO2. The lowest BCUT2D eigenvalue weighted by atomic mass is 9.86. The molecule has 2 aliphatic rings. The maximum atomic E-state index is 12.8. The van der Waals surface area contributed by atoms with E-state index in [1.807, 2.05) is 12.1 Å². The smallest absolute Gasteiger partial charge is 0.218 e. The Morgan fingerprint density at radius 2 is 1.83 bits per heavy atom. The van der Waals surface area contributed by atoms with E-state index in [1.165, 1.54) is 32.1 Å². The minimum Gasteiger partial charge on any atom is -0.461 e. The normalized spacial score (nSPS) is 24.2. The molecule has 1 aliphatic carbocycles. The van der Waals surface area contributed by atoms with E-state index in [0.717, 1.165) is 25.9 Å². The molecule has 0 atom stereocenters. The molecule has 3 heteroatoms. The first kappa shape index (κ1) is 12.0. The second kappa shape index (κ2) is 4.88. The number of furan rings is 1. The molecule has 0 unspecified atom stereocenters. The van der Waals surface area contributed by atoms with Crippen molar-refractivity contribution in [1.82, 2.24) is 4.90 Å². The number of ketones is 1. The molecule has 1 aromatic heterocycles. The Morgan fingerprint density at radius 3 is 2.44 bits per heavy atom. The summed E-state index contributed by atoms with van der Waals surface area (Å²) in [6.45, 7) is 2.15. The van der Waals surface area contributed by atoms with Crippen LogP contribution in [0.5, 0.6) is 0 Å². The van der Waals surface area contributed by atoms with Gasteiger partial charge in [-0.2, -0.15) is 0 Å². The highest BCUT2D eigenvalue weighted by Crippen LogP contribution is 2.39. The van der Waals surface area contributed by atoms with Gasteiger partial charge in [-0.05, 0) is 50.9 Å². The molecule has 1 saturated heterocycles. The third-order valence-corrected chi connectivity index (χ3v) is 4.56. The number of piperidine rings is 1. The quantitative estimate of drug-likeness (QED) is 0.769. The molecule has 98 valence electrons. The van der Waals surface area contributed by atoms with E-state index in [1.54, 1.807) is 6.26 Å². The number of nitrogens with zero attached hydrogens (tertiary/aromatic N) is 1. The van der Waals surface area contributed by atoms with Gasteiger partial charge in [0.1, 0.15) is 0 Å². The van der Waals surface area contributed by atoms with E-state index < -0.39 is 0 Å². The number of likely N-dealkylation sites (tertiary alicyclic amines) is 1. The Kier molecular flexibility index (Phi) is 3.25. The number of carbonyl (C=O) groups is 1. The number of Topliss-reactive ketones (excluding diaryl/α,β-unsaturated/α-hetero) is 1. The largest absolute Gasteiger partial charge is 0.461 e. The Labute approximate surface area is 108 Å². The van der Waals surface area contributed by atoms with Gasteiger partial charge >= 0.3 is 0 Å². The first-order chi connectivity index (χ1) is 8.83. The van der Waals surface area contributed by atoms with Gasteiger partial charge < -0.3 is 4.42 Å². The minimum atomic E-state index is -0.252. The lowest BCUT2D eigenvalue weighted by molar-refractivity contribution is 0.0451. The van der Waals surface area contributed by atoms with Gasteiger partial charge in [0.05, 0.1) is 11.8 Å². The molecular weight excluding hydrogens is 226 g/mol. The summed E-state index contributed by atoms with van der Waals surface area (Å²) in [6, 6.07) is 3.62. The first-order valence-electron chi connectivity index (χ1n) is 7.16. The molecule has 18 heavy (non-hydrogen) atoms. The van der Waals surface area contributed by atoms with Crippen molar-refractivity contribution < 1.29 is 9.21 Å². The van der Waals surface area contributed by atoms with Crippen molar-refractivity contribution in [2.75, 3.05) is 13.1 Å². The van der Waals surface area contributed by atoms with Crippen LogP contribution in [0.3, 0.4) is 0 Å². The third-order valence-electron chi connectivity index (χ3n) is 4.56. The number of hydrogen-bond acceptors (Lipinski definition) is 3. The van der Waals surface area contributed by atoms with Crippen LogP contribution in [0.25, 0.3) is 0 Å². The molecule has 2 heterocycles. The van der Waals surface area contributed by atoms with E-state index in [0.29, 0.717) is 5.76 Å². The standard InChI is InChI=1S/C15H21NO2/c17-14(13-7-6-12-18-13)15(8-2-3-9-15)16-10-4-1-5-11-16/h6-7,12H,1-5,8-11H2. The number of carbonyl (C=O) groups excluding carboxylic acids is 1. The van der Waals surface area contributed by atoms with Gasteiger partial charge in [-0.1, -0.05) is 19.3 Å². The maximum Gasteiger partial charge on any atom is 0.218 e. The van der Waals surface area contributed by atoms with Crippen molar-refractivity contribution in [2.24, 2.45) is 0 Å². The number of rotatable bonds is 3. The van der Waals surface area contributed by atoms with Gasteiger partial charge in [-0.3, -0.25) is 9.69 Å². The minimum absolute atomic E-state index is 0.215. The fourth-order valence-corrected chi connectivity index (χ4v) is 3.61. The topological polar surface area (TPSA) is 33.5 Å². The van der Waals surface area contributed by atoms with Gasteiger partial charge in [0.15, 0.2) is 5.76 Å². The molecule has 3 rings (SSSR count). The van der Waals surface area contributed by atoms with Crippen LogP contribution in [0.1, 0.15) is 55.5 Å². The molecule has 3 nitrogen and oxygen atoms in total. The Bertz CT molecular complexity index is 398. The summed E-state index contributed by atoms with van der Waals surface area (Å²) in [5.41, 5.74) is -0.252. The summed E-state index contributed by atoms with van der Waals surface area (Å²) in [5.74, 6) is 0.759. The summed E-state index contributed by atoms with van der Waals surface area (Å²) in [4.78, 5) is 15.2. The van der Waals surface area contributed by atoms with Crippen molar-refractivity contribution >= 4 is 5.78 Å². The second-order valence-corrected chi connectivity index (χ2v) is 5.59. The zero-order valence-electron chi connectivity index (χ0n) is 10.9. The fourth-order valence-electron chi connectivity index (χ4n) is 3.61. The molecule has 1 aromatic rings. The van der Waals surface area contributed by atoms with Crippen molar-refractivity contribution in [1.29, 1.82) is 0 Å². The molecule has 0 N–H and O–H groups in total. The molecule has 1 aliphatic heterocycles. The lowest BCUT2D eigenvalue weighted by Crippen LogP contribution is -2.54. The average Bonchev–Trinajstić information content (AvgIpc) is 3.11. The van der Waals surface area contributed by atoms with E-state index in [4.69, 9.17) is 4.42 Å². The van der Waals surface area contributed by atoms with Gasteiger partial charge in [0.25, 0.3) is 0 Å². The Balaban J connectivity index is 1.88. The van der Waals surface area contributed by atoms with E-state index in [-0.39, 0.29) is 11.3 Å². The summed E-state index contributed by atoms with van der Waals surface area (Å²) >= 11 is 0. The van der Waals surface area contributed by atoms with Crippen LogP contribution < -0.4 is 0 Å². The van der Waals surface area contributed by atoms with E-state index in [2.05, 4.69) is 4.90 Å². The van der Waals surface area contributed by atoms with E-state index >= 15 is 0 Å². The SMILES string of the molecule is O=C(c1ccco1)C1(N2CCCCC2)CCCC1. The summed E-state index contributed by atoms with van der Waals surface area (Å²) in [7, 11) is 0. The van der Waals surface area contributed by atoms with Gasteiger partial charge in [0.2, 0.25) is 5.78 Å². The third kappa shape index (κ3) is 1.91. The highest BCUT2D eigenvalue weighted by Gasteiger charge is 2.47. The number of hydrogen-bond donors (Lipinski definition) is 0. The van der Waals surface area contributed by atoms with Crippen LogP contribution >= 0.6 is 0 Å². The average molecular weight is 247 g/mol. The highest BCUT2D eigenvalue weighted by molar-refractivity contribution is 6.01. The molecule has 0 bridgehead atoms. The zero-order chi connectivity index (χ0) is 12.4. The molecule has 0 amide bonds. The zero-order valence-corrected chi connectivity index (χ0v) is 10.9. The van der Waals surface area contributed by atoms with E-state index in [9.17, 15) is 4.79 Å². The van der Waals surface area contributed by atoms with Crippen molar-refractivity contribution in [3.63, 3.8) is 0 Å². The van der Waals surface area contributed by atoms with Crippen molar-refractivity contribution in [2.45, 2.75) is 50.5 Å². The summed E-state index contributed by atoms with van der Waals surface area (Å²) < 4.78 is 5.35. The Hall–Kier alpha value is -1.09. The molecule has 0 radical (unpaired) electrons. The first-order valence-corrected chi connectivity index (χ1v) is 7.16. The van der Waals surface area contributed by atoms with Crippen LogP contribution in [0.15, 0.2) is 22.8 Å². The van der Waals surface area contributed by atoms with Crippen LogP contribution in [0.4, 0.5) is 0 Å². The van der Waals surface area contributed by atoms with Crippen LogP contribution in [-0.2, 0) is 0 Å². The highest BCUT2D eigenvalue weighted by atomic mass is 16.3. The molecule has 0 aromatic carbocycles. The van der Waals surface area contributed by atoms with Crippen LogP contribution in [-0.4, -0.2) is 29.3 Å². The van der Waals surface area contributed by atoms with Crippen LogP contribution in [0, 0.1) is 0 Å². The molecule has 0 spiro atoms. The second-order valence-electron chi connectivity index (χ2n) is 5.59. The lowest BCUT2D eigenvalue weighted by Gasteiger charge is -2.41. The van der Waals surface area contributed by atoms with Crippen molar-refractivity contribution in [3.8, 4) is 0 Å². The maximum absolute atomic E-state index is 12.8. The van der Waals surface area contributed by atoms with Gasteiger partial charge in [0, 0.05) is 0 Å².